The molecule has 0 fully saturated rings. The van der Waals surface area contributed by atoms with Crippen molar-refractivity contribution in [2.24, 2.45) is 0 Å². The number of aliphatic hydroxyl groups excluding tert-OH is 1. The Morgan fingerprint density at radius 1 is 0.906 bits per heavy atom. The van der Waals surface area contributed by atoms with Crippen LogP contribution in [-0.4, -0.2) is 34.6 Å². The smallest absolute Gasteiger partial charge is 0.0924 e. The first-order valence-corrected chi connectivity index (χ1v) is 12.5. The van der Waals surface area contributed by atoms with Crippen molar-refractivity contribution in [1.82, 2.24) is 9.88 Å². The number of aromatic nitrogens is 1. The number of pyridine rings is 1. The molecule has 0 bridgehead atoms. The molecule has 5 heteroatoms. The number of rotatable bonds is 12. The fourth-order valence-electron chi connectivity index (χ4n) is 4.12. The van der Waals surface area contributed by atoms with Crippen molar-refractivity contribution < 1.29 is 5.11 Å². The summed E-state index contributed by atoms with van der Waals surface area (Å²) in [5, 5.41) is 13.3. The third-order valence-corrected chi connectivity index (χ3v) is 6.39. The second-order valence-electron chi connectivity index (χ2n) is 8.48. The zero-order valence-electron chi connectivity index (χ0n) is 19.2. The molecule has 0 radical (unpaired) electrons. The van der Waals surface area contributed by atoms with Crippen LogP contribution in [0.15, 0.2) is 48.5 Å². The number of hydrogen-bond donors (Lipinski definition) is 1. The molecule has 32 heavy (non-hydrogen) atoms. The van der Waals surface area contributed by atoms with E-state index in [1.807, 2.05) is 42.5 Å². The van der Waals surface area contributed by atoms with Crippen molar-refractivity contribution >= 4 is 34.1 Å². The van der Waals surface area contributed by atoms with Crippen molar-refractivity contribution in [3.05, 3.63) is 64.1 Å². The minimum Gasteiger partial charge on any atom is -0.387 e. The van der Waals surface area contributed by atoms with Crippen molar-refractivity contribution in [2.75, 3.05) is 19.6 Å². The first-order chi connectivity index (χ1) is 15.5. The summed E-state index contributed by atoms with van der Waals surface area (Å²) in [5.74, 6) is 0. The summed E-state index contributed by atoms with van der Waals surface area (Å²) < 4.78 is 0. The maximum atomic E-state index is 11.4. The molecule has 0 spiro atoms. The normalized spacial score (nSPS) is 12.6. The fourth-order valence-corrected chi connectivity index (χ4v) is 4.65. The Hall–Kier alpha value is -1.65. The molecule has 172 valence electrons. The summed E-state index contributed by atoms with van der Waals surface area (Å²) in [6.07, 6.45) is 6.46. The summed E-state index contributed by atoms with van der Waals surface area (Å²) in [5.41, 5.74) is 3.31. The minimum absolute atomic E-state index is 0.501. The standard InChI is InChI=1S/C27H34Cl2N2O/c1-3-5-10-14-31(15-11-6-4-2)19-26(32)22-18-25(20-12-8-7-9-13-20)30-27-23(22)16-21(28)17-24(27)29/h7-9,12-13,16-18,26,32H,3-6,10-11,14-15,19H2,1-2H3/t26-/m0/s1. The predicted octanol–water partition coefficient (Wildman–Crippen LogP) is 7.92. The predicted molar refractivity (Wildman–Crippen MR) is 138 cm³/mol. The van der Waals surface area contributed by atoms with Gasteiger partial charge in [0, 0.05) is 22.5 Å². The highest BCUT2D eigenvalue weighted by molar-refractivity contribution is 6.38. The lowest BCUT2D eigenvalue weighted by Gasteiger charge is -2.26. The Balaban J connectivity index is 1.96. The van der Waals surface area contributed by atoms with Crippen molar-refractivity contribution in [3.8, 4) is 11.3 Å². The van der Waals surface area contributed by atoms with Crippen LogP contribution >= 0.6 is 23.2 Å². The Morgan fingerprint density at radius 2 is 1.56 bits per heavy atom. The van der Waals surface area contributed by atoms with E-state index in [-0.39, 0.29) is 0 Å². The molecule has 0 unspecified atom stereocenters. The lowest BCUT2D eigenvalue weighted by atomic mass is 9.99. The van der Waals surface area contributed by atoms with E-state index in [1.165, 1.54) is 25.7 Å². The second kappa shape index (κ2) is 12.6. The van der Waals surface area contributed by atoms with Crippen LogP contribution in [0.5, 0.6) is 0 Å². The van der Waals surface area contributed by atoms with E-state index in [0.29, 0.717) is 22.1 Å². The molecule has 1 N–H and O–H groups in total. The molecule has 3 nitrogen and oxygen atoms in total. The number of fused-ring (bicyclic) bond motifs is 1. The van der Waals surface area contributed by atoms with E-state index in [9.17, 15) is 5.11 Å². The lowest BCUT2D eigenvalue weighted by Crippen LogP contribution is -2.31. The highest BCUT2D eigenvalue weighted by Crippen LogP contribution is 2.34. The topological polar surface area (TPSA) is 36.4 Å². The average Bonchev–Trinajstić information content (AvgIpc) is 2.79. The fraction of sp³-hybridized carbons (Fsp3) is 0.444. The van der Waals surface area contributed by atoms with Crippen molar-refractivity contribution in [3.63, 3.8) is 0 Å². The Kier molecular flexibility index (Phi) is 9.80. The van der Waals surface area contributed by atoms with E-state index in [4.69, 9.17) is 28.2 Å². The molecule has 1 heterocycles. The van der Waals surface area contributed by atoms with Crippen LogP contribution in [-0.2, 0) is 0 Å². The van der Waals surface area contributed by atoms with Gasteiger partial charge in [0.15, 0.2) is 0 Å². The average molecular weight is 473 g/mol. The van der Waals surface area contributed by atoms with Crippen LogP contribution in [0.1, 0.15) is 64.0 Å². The maximum absolute atomic E-state index is 11.4. The number of hydrogen-bond acceptors (Lipinski definition) is 3. The van der Waals surface area contributed by atoms with Crippen molar-refractivity contribution in [2.45, 2.75) is 58.5 Å². The number of aliphatic hydroxyl groups is 1. The molecule has 0 saturated heterocycles. The molecule has 1 atom stereocenters. The van der Waals surface area contributed by atoms with E-state index in [1.54, 1.807) is 6.07 Å². The molecule has 2 aromatic carbocycles. The van der Waals surface area contributed by atoms with Gasteiger partial charge in [0.1, 0.15) is 0 Å². The van der Waals surface area contributed by atoms with Gasteiger partial charge in [0.25, 0.3) is 0 Å². The SMILES string of the molecule is CCCCCN(CCCCC)C[C@H](O)c1cc(-c2ccccc2)nc2c(Cl)cc(Cl)cc12. The largest absolute Gasteiger partial charge is 0.387 e. The van der Waals surface area contributed by atoms with Gasteiger partial charge in [-0.3, -0.25) is 0 Å². The molecule has 1 aromatic heterocycles. The summed E-state index contributed by atoms with van der Waals surface area (Å²) in [6, 6.07) is 15.6. The summed E-state index contributed by atoms with van der Waals surface area (Å²) in [6.45, 7) is 7.04. The summed E-state index contributed by atoms with van der Waals surface area (Å²) in [4.78, 5) is 7.21. The molecule has 0 amide bonds. The molecular weight excluding hydrogens is 439 g/mol. The zero-order chi connectivity index (χ0) is 22.9. The monoisotopic (exact) mass is 472 g/mol. The molecular formula is C27H34Cl2N2O. The molecule has 0 saturated carbocycles. The van der Waals surface area contributed by atoms with Crippen LogP contribution in [0.4, 0.5) is 0 Å². The lowest BCUT2D eigenvalue weighted by molar-refractivity contribution is 0.111. The van der Waals surface area contributed by atoms with E-state index in [0.717, 1.165) is 48.1 Å². The highest BCUT2D eigenvalue weighted by atomic mass is 35.5. The van der Waals surface area contributed by atoms with Gasteiger partial charge in [-0.25, -0.2) is 4.98 Å². The van der Waals surface area contributed by atoms with Crippen LogP contribution in [0, 0.1) is 0 Å². The Morgan fingerprint density at radius 3 is 2.19 bits per heavy atom. The third-order valence-electron chi connectivity index (χ3n) is 5.88. The first-order valence-electron chi connectivity index (χ1n) is 11.8. The van der Waals surface area contributed by atoms with Crippen LogP contribution in [0.25, 0.3) is 22.2 Å². The Bertz CT molecular complexity index is 984. The van der Waals surface area contributed by atoms with Crippen LogP contribution in [0.2, 0.25) is 10.0 Å². The van der Waals surface area contributed by atoms with Gasteiger partial charge in [-0.2, -0.15) is 0 Å². The molecule has 3 rings (SSSR count). The van der Waals surface area contributed by atoms with Gasteiger partial charge in [0.05, 0.1) is 22.3 Å². The quantitative estimate of drug-likeness (QED) is 0.271. The second-order valence-corrected chi connectivity index (χ2v) is 9.32. The number of halogens is 2. The third kappa shape index (κ3) is 6.68. The van der Waals surface area contributed by atoms with E-state index < -0.39 is 6.10 Å². The maximum Gasteiger partial charge on any atom is 0.0924 e. The van der Waals surface area contributed by atoms with Gasteiger partial charge in [0.2, 0.25) is 0 Å². The Labute approximate surface area is 202 Å². The van der Waals surface area contributed by atoms with Gasteiger partial charge >= 0.3 is 0 Å². The van der Waals surface area contributed by atoms with Gasteiger partial charge < -0.3 is 10.0 Å². The van der Waals surface area contributed by atoms with Gasteiger partial charge in [-0.1, -0.05) is 93.1 Å². The molecule has 3 aromatic rings. The number of nitrogens with zero attached hydrogens (tertiary/aromatic N) is 2. The zero-order valence-corrected chi connectivity index (χ0v) is 20.7. The summed E-state index contributed by atoms with van der Waals surface area (Å²) in [7, 11) is 0. The van der Waals surface area contributed by atoms with E-state index >= 15 is 0 Å². The highest BCUT2D eigenvalue weighted by Gasteiger charge is 2.19. The summed E-state index contributed by atoms with van der Waals surface area (Å²) >= 11 is 12.9. The minimum atomic E-state index is -0.652. The molecule has 0 aliphatic rings. The van der Waals surface area contributed by atoms with Gasteiger partial charge in [-0.15, -0.1) is 0 Å². The first kappa shape index (κ1) is 25.0. The molecule has 0 aliphatic carbocycles. The molecule has 0 aliphatic heterocycles. The number of unbranched alkanes of at least 4 members (excludes halogenated alkanes) is 4. The van der Waals surface area contributed by atoms with Crippen LogP contribution in [0.3, 0.4) is 0 Å². The van der Waals surface area contributed by atoms with Gasteiger partial charge in [-0.05, 0) is 49.7 Å². The van der Waals surface area contributed by atoms with E-state index in [2.05, 4.69) is 18.7 Å². The van der Waals surface area contributed by atoms with Crippen molar-refractivity contribution in [1.29, 1.82) is 0 Å². The number of benzene rings is 2. The van der Waals surface area contributed by atoms with Crippen LogP contribution < -0.4 is 0 Å².